The quantitative estimate of drug-likeness (QED) is 0.0871. The Morgan fingerprint density at radius 2 is 1.09 bits per heavy atom. The van der Waals surface area contributed by atoms with Crippen LogP contribution in [0.4, 0.5) is 17.6 Å². The smallest absolute Gasteiger partial charge is 0.248 e. The van der Waals surface area contributed by atoms with Gasteiger partial charge in [-0.3, -0.25) is 9.59 Å². The normalized spacial score (nSPS) is 23.2. The van der Waals surface area contributed by atoms with Gasteiger partial charge in [0.25, 0.3) is 0 Å². The van der Waals surface area contributed by atoms with Gasteiger partial charge in [-0.05, 0) is 97.3 Å². The van der Waals surface area contributed by atoms with E-state index in [0.717, 1.165) is 57.7 Å². The number of aromatic nitrogens is 4. The maximum absolute atomic E-state index is 14.1. The molecule has 1 unspecified atom stereocenters. The van der Waals surface area contributed by atoms with Crippen LogP contribution in [0.1, 0.15) is 154 Å². The van der Waals surface area contributed by atoms with Crippen molar-refractivity contribution in [3.8, 4) is 33.6 Å². The van der Waals surface area contributed by atoms with E-state index < -0.39 is 82.5 Å². The first kappa shape index (κ1) is 44.6. The van der Waals surface area contributed by atoms with Crippen molar-refractivity contribution in [3.05, 3.63) is 71.6 Å². The van der Waals surface area contributed by atoms with Crippen LogP contribution < -0.4 is 10.6 Å². The summed E-state index contributed by atoms with van der Waals surface area (Å²) in [5.41, 5.74) is 1.85. The number of H-pyrrole nitrogens is 2. The zero-order valence-corrected chi connectivity index (χ0v) is 37.8. The van der Waals surface area contributed by atoms with E-state index in [1.54, 1.807) is 6.20 Å². The summed E-state index contributed by atoms with van der Waals surface area (Å²) in [6.45, 7) is 12.1. The number of benzene rings is 2. The summed E-state index contributed by atoms with van der Waals surface area (Å²) >= 11 is 0. The Labute approximate surface area is 372 Å². The second-order valence-electron chi connectivity index (χ2n) is 22.1. The molecule has 4 fully saturated rings. The molecule has 4 saturated carbocycles. The van der Waals surface area contributed by atoms with E-state index in [0.29, 0.717) is 37.3 Å². The molecule has 344 valence electrons. The van der Waals surface area contributed by atoms with Crippen LogP contribution in [0.25, 0.3) is 33.6 Å². The van der Waals surface area contributed by atoms with Crippen molar-refractivity contribution in [2.24, 2.45) is 21.7 Å². The Kier molecular flexibility index (Phi) is 10.4. The van der Waals surface area contributed by atoms with Crippen molar-refractivity contribution in [2.45, 2.75) is 167 Å². The first-order valence-corrected chi connectivity index (χ1v) is 23.1. The van der Waals surface area contributed by atoms with Gasteiger partial charge in [-0.1, -0.05) is 84.0 Å². The highest BCUT2D eigenvalue weighted by Gasteiger charge is 2.67. The minimum atomic E-state index is -2.81. The Balaban J connectivity index is 0.892. The Morgan fingerprint density at radius 1 is 0.625 bits per heavy atom. The summed E-state index contributed by atoms with van der Waals surface area (Å²) in [5.74, 6) is -5.03. The summed E-state index contributed by atoms with van der Waals surface area (Å²) < 4.78 is 56.1. The van der Waals surface area contributed by atoms with Crippen molar-refractivity contribution in [2.75, 3.05) is 0 Å². The fraction of sp³-hybridized carbons (Fsp3) is 0.600. The van der Waals surface area contributed by atoms with E-state index in [-0.39, 0.29) is 37.5 Å². The van der Waals surface area contributed by atoms with Gasteiger partial charge >= 0.3 is 0 Å². The third kappa shape index (κ3) is 7.87. The van der Waals surface area contributed by atoms with Gasteiger partial charge in [-0.2, -0.15) is 0 Å². The molecule has 10 nitrogen and oxygen atoms in total. The van der Waals surface area contributed by atoms with Gasteiger partial charge in [0.1, 0.15) is 11.6 Å². The molecule has 5 aliphatic carbocycles. The van der Waals surface area contributed by atoms with Gasteiger partial charge in [0.05, 0.1) is 51.7 Å². The number of aromatic amines is 2. The van der Waals surface area contributed by atoms with Crippen LogP contribution in [0, 0.1) is 21.7 Å². The fourth-order valence-corrected chi connectivity index (χ4v) is 10.9. The van der Waals surface area contributed by atoms with Gasteiger partial charge in [-0.25, -0.2) is 27.5 Å². The summed E-state index contributed by atoms with van der Waals surface area (Å²) in [6, 6.07) is 13.5. The first-order valence-electron chi connectivity index (χ1n) is 23.1. The monoisotopic (exact) mass is 886 g/mol. The number of nitrogens with one attached hydrogen (secondary N) is 4. The number of fused-ring (bicyclic) bond motifs is 3. The average molecular weight is 887 g/mol. The van der Waals surface area contributed by atoms with E-state index in [2.05, 4.69) is 50.9 Å². The fourth-order valence-electron chi connectivity index (χ4n) is 10.9. The molecule has 64 heavy (non-hydrogen) atoms. The Hall–Kier alpha value is -4.56. The lowest BCUT2D eigenvalue weighted by Gasteiger charge is -2.42. The van der Waals surface area contributed by atoms with Crippen LogP contribution >= 0.6 is 0 Å². The van der Waals surface area contributed by atoms with Gasteiger partial charge in [0, 0.05) is 36.9 Å². The van der Waals surface area contributed by atoms with E-state index in [1.165, 1.54) is 0 Å². The molecule has 5 aliphatic rings. The van der Waals surface area contributed by atoms with Crippen molar-refractivity contribution in [1.82, 2.24) is 30.6 Å². The molecule has 2 aromatic carbocycles. The number of aryl methyl sites for hydroxylation is 2. The number of imidazole rings is 2. The number of aliphatic hydroxyl groups is 2. The zero-order chi connectivity index (χ0) is 45.9. The number of nitrogens with zero attached hydrogens (tertiary/aromatic N) is 2. The summed E-state index contributed by atoms with van der Waals surface area (Å²) in [4.78, 5) is 44.6. The molecule has 2 amide bonds. The van der Waals surface area contributed by atoms with Crippen molar-refractivity contribution in [1.29, 1.82) is 0 Å². The molecular weight excluding hydrogens is 825 g/mol. The van der Waals surface area contributed by atoms with Crippen molar-refractivity contribution in [3.63, 3.8) is 0 Å². The number of amides is 2. The van der Waals surface area contributed by atoms with E-state index in [9.17, 15) is 37.4 Å². The highest BCUT2D eigenvalue weighted by molar-refractivity contribution is 5.88. The van der Waals surface area contributed by atoms with Crippen LogP contribution in [0.2, 0.25) is 0 Å². The number of alkyl halides is 4. The molecule has 0 bridgehead atoms. The number of halogens is 4. The van der Waals surface area contributed by atoms with Gasteiger partial charge < -0.3 is 30.8 Å². The van der Waals surface area contributed by atoms with Crippen molar-refractivity contribution < 1.29 is 37.4 Å². The van der Waals surface area contributed by atoms with E-state index >= 15 is 0 Å². The van der Waals surface area contributed by atoms with E-state index in [1.807, 2.05) is 53.7 Å². The summed E-state index contributed by atoms with van der Waals surface area (Å²) in [7, 11) is 0. The molecule has 6 N–H and O–H groups in total. The number of carbonyl (C=O) groups is 2. The van der Waals surface area contributed by atoms with E-state index in [4.69, 9.17) is 9.97 Å². The SMILES string of the molecule is CC(C)(C)C(NC(=O)C1(C2(O)CCC(F)(F)CC2)CC1)c1nc2c([nH]1)CCc1cc(-c3ccc(-c4cnc([C@@H](NC(=O)C5(C6(O)CCC(F)(F)CC6)CC5)C(C)(C)C)[nH]4)cc3)ccc1-2. The third-order valence-electron chi connectivity index (χ3n) is 15.5. The minimum Gasteiger partial charge on any atom is -0.389 e. The molecule has 0 radical (unpaired) electrons. The minimum absolute atomic E-state index is 0.0937. The van der Waals surface area contributed by atoms with Gasteiger partial charge in [0.15, 0.2) is 0 Å². The number of carbonyl (C=O) groups excluding carboxylic acids is 2. The van der Waals surface area contributed by atoms with Gasteiger partial charge in [0.2, 0.25) is 23.7 Å². The average Bonchev–Trinajstić information content (AvgIpc) is 4.14. The molecule has 0 aliphatic heterocycles. The maximum Gasteiger partial charge on any atom is 0.248 e. The van der Waals surface area contributed by atoms with Crippen LogP contribution in [-0.2, 0) is 22.4 Å². The molecule has 2 aromatic heterocycles. The molecule has 14 heteroatoms. The van der Waals surface area contributed by atoms with Crippen molar-refractivity contribution >= 4 is 11.8 Å². The standard InChI is InChI=1S/C50H62F4N6O4/c1-43(2,3)37(59-41(61)45(15-16-45)47(63)19-23-49(51,52)24-20-47)39-55-28-35(57-39)30-9-7-29(8-10-30)31-11-13-33-32(27-31)12-14-34-36(33)58-40(56-34)38(44(4,5)6)60-42(62)46(17-18-46)48(64)21-25-50(53,54)26-22-48/h7-11,13,27-28,37-38,63-64H,12,14-26H2,1-6H3,(H,55,57)(H,56,58)(H,59,61)(H,60,62)/t37-,38?/m1/s1. The van der Waals surface area contributed by atoms with Crippen LogP contribution in [0.5, 0.6) is 0 Å². The lowest BCUT2D eigenvalue weighted by atomic mass is 9.71. The Morgan fingerprint density at radius 3 is 1.58 bits per heavy atom. The third-order valence-corrected chi connectivity index (χ3v) is 15.5. The highest BCUT2D eigenvalue weighted by atomic mass is 19.3. The molecule has 9 rings (SSSR count). The molecule has 0 saturated heterocycles. The topological polar surface area (TPSA) is 156 Å². The van der Waals surface area contributed by atoms with Crippen LogP contribution in [0.15, 0.2) is 48.7 Å². The van der Waals surface area contributed by atoms with Crippen LogP contribution in [0.3, 0.4) is 0 Å². The summed E-state index contributed by atoms with van der Waals surface area (Å²) in [6.07, 6.45) is 3.09. The largest absolute Gasteiger partial charge is 0.389 e. The lowest BCUT2D eigenvalue weighted by Crippen LogP contribution is -2.53. The number of hydrogen-bond donors (Lipinski definition) is 6. The van der Waals surface area contributed by atoms with Crippen LogP contribution in [-0.4, -0.2) is 65.0 Å². The highest BCUT2D eigenvalue weighted by Crippen LogP contribution is 2.62. The van der Waals surface area contributed by atoms with Gasteiger partial charge in [-0.15, -0.1) is 0 Å². The first-order chi connectivity index (χ1) is 29.9. The molecule has 2 heterocycles. The molecule has 4 aromatic rings. The predicted molar refractivity (Wildman–Crippen MR) is 235 cm³/mol. The maximum atomic E-state index is 14.1. The predicted octanol–water partition coefficient (Wildman–Crippen LogP) is 10.1. The summed E-state index contributed by atoms with van der Waals surface area (Å²) in [5, 5.41) is 29.4. The molecule has 2 atom stereocenters. The lowest BCUT2D eigenvalue weighted by molar-refractivity contribution is -0.157. The molecular formula is C50H62F4N6O4. The Bertz CT molecular complexity index is 2430. The second kappa shape index (κ2) is 15.0. The number of rotatable bonds is 10. The molecule has 0 spiro atoms. The second-order valence-corrected chi connectivity index (χ2v) is 22.1. The number of hydrogen-bond acceptors (Lipinski definition) is 6. The zero-order valence-electron chi connectivity index (χ0n) is 37.8.